The van der Waals surface area contributed by atoms with Crippen LogP contribution in [0.15, 0.2) is 24.3 Å². The molecule has 2 rings (SSSR count). The number of carbonyl (C=O) groups excluding carboxylic acids is 1. The van der Waals surface area contributed by atoms with Gasteiger partial charge in [-0.25, -0.2) is 4.79 Å². The van der Waals surface area contributed by atoms with Gasteiger partial charge in [0.05, 0.1) is 0 Å². The van der Waals surface area contributed by atoms with Crippen molar-refractivity contribution >= 4 is 11.7 Å². The number of nitrogens with zero attached hydrogens (tertiary/aromatic N) is 1. The van der Waals surface area contributed by atoms with Crippen LogP contribution < -0.4 is 15.5 Å². The molecule has 0 saturated carbocycles. The van der Waals surface area contributed by atoms with Crippen LogP contribution in [0.1, 0.15) is 18.9 Å². The number of alkyl halides is 3. The first-order valence-electron chi connectivity index (χ1n) is 7.90. The maximum Gasteiger partial charge on any atom is 0.414 e. The van der Waals surface area contributed by atoms with Gasteiger partial charge in [-0.15, -0.1) is 0 Å². The summed E-state index contributed by atoms with van der Waals surface area (Å²) >= 11 is 0. The van der Waals surface area contributed by atoms with Crippen LogP contribution in [0.2, 0.25) is 0 Å². The molecule has 1 aliphatic rings. The highest BCUT2D eigenvalue weighted by atomic mass is 19.4. The van der Waals surface area contributed by atoms with Crippen molar-refractivity contribution < 1.29 is 23.1 Å². The predicted molar refractivity (Wildman–Crippen MR) is 85.0 cm³/mol. The molecule has 0 fully saturated rings. The zero-order valence-corrected chi connectivity index (χ0v) is 13.4. The minimum absolute atomic E-state index is 0.0696. The number of amides is 2. The van der Waals surface area contributed by atoms with Crippen molar-refractivity contribution in [3.8, 4) is 0 Å². The fraction of sp³-hybridized carbons (Fsp3) is 0.562. The van der Waals surface area contributed by atoms with Crippen molar-refractivity contribution in [1.82, 2.24) is 10.6 Å². The Bertz CT molecular complexity index is 566. The van der Waals surface area contributed by atoms with Crippen LogP contribution in [-0.2, 0) is 6.42 Å². The maximum atomic E-state index is 12.1. The lowest BCUT2D eigenvalue weighted by molar-refractivity contribution is -0.204. The van der Waals surface area contributed by atoms with Gasteiger partial charge in [0.1, 0.15) is 0 Å². The van der Waals surface area contributed by atoms with Crippen molar-refractivity contribution in [3.05, 3.63) is 29.8 Å². The van der Waals surface area contributed by atoms with E-state index < -0.39 is 24.7 Å². The Morgan fingerprint density at radius 3 is 2.75 bits per heavy atom. The molecule has 2 amide bonds. The van der Waals surface area contributed by atoms with Gasteiger partial charge in [-0.3, -0.25) is 0 Å². The number of carbonyl (C=O) groups is 1. The molecular weight excluding hydrogens is 323 g/mol. The topological polar surface area (TPSA) is 64.6 Å². The van der Waals surface area contributed by atoms with E-state index in [2.05, 4.69) is 21.6 Å². The average molecular weight is 345 g/mol. The largest absolute Gasteiger partial charge is 0.414 e. The second-order valence-corrected chi connectivity index (χ2v) is 5.90. The number of nitrogens with one attached hydrogen (secondary N) is 2. The number of para-hydroxylation sites is 1. The second kappa shape index (κ2) is 7.74. The normalized spacial score (nSPS) is 16.5. The first-order chi connectivity index (χ1) is 11.3. The van der Waals surface area contributed by atoms with Crippen LogP contribution >= 0.6 is 0 Å². The van der Waals surface area contributed by atoms with Crippen LogP contribution in [0.25, 0.3) is 0 Å². The van der Waals surface area contributed by atoms with E-state index in [-0.39, 0.29) is 12.6 Å². The Labute approximate surface area is 138 Å². The van der Waals surface area contributed by atoms with E-state index in [0.29, 0.717) is 6.54 Å². The van der Waals surface area contributed by atoms with Crippen LogP contribution in [0.5, 0.6) is 0 Å². The lowest BCUT2D eigenvalue weighted by Crippen LogP contribution is -2.45. The lowest BCUT2D eigenvalue weighted by Gasteiger charge is -2.27. The van der Waals surface area contributed by atoms with Crippen molar-refractivity contribution in [2.75, 3.05) is 24.5 Å². The maximum absolute atomic E-state index is 12.1. The molecule has 0 radical (unpaired) electrons. The monoisotopic (exact) mass is 345 g/mol. The molecule has 0 bridgehead atoms. The Morgan fingerprint density at radius 2 is 2.04 bits per heavy atom. The van der Waals surface area contributed by atoms with Crippen LogP contribution in [0.3, 0.4) is 0 Å². The summed E-state index contributed by atoms with van der Waals surface area (Å²) in [7, 11) is 0. The highest BCUT2D eigenvalue weighted by molar-refractivity contribution is 5.74. The number of benzene rings is 1. The molecule has 1 aromatic carbocycles. The summed E-state index contributed by atoms with van der Waals surface area (Å²) in [6.45, 7) is 2.99. The van der Waals surface area contributed by atoms with Gasteiger partial charge in [0.15, 0.2) is 6.10 Å². The van der Waals surface area contributed by atoms with Gasteiger partial charge in [-0.1, -0.05) is 18.2 Å². The number of fused-ring (bicyclic) bond motifs is 1. The van der Waals surface area contributed by atoms with Crippen molar-refractivity contribution in [1.29, 1.82) is 0 Å². The smallest absolute Gasteiger partial charge is 0.384 e. The molecule has 3 N–H and O–H groups in total. The molecule has 8 heteroatoms. The minimum atomic E-state index is -4.66. The molecule has 0 saturated heterocycles. The molecule has 1 aliphatic heterocycles. The molecule has 1 heterocycles. The highest BCUT2D eigenvalue weighted by Gasteiger charge is 2.37. The van der Waals surface area contributed by atoms with Gasteiger partial charge in [0.25, 0.3) is 0 Å². The molecule has 134 valence electrons. The SMILES string of the molecule is C[C@H](CNC(=O)NCC[C@@H](O)C(F)(F)F)N1CCc2ccccc21. The summed E-state index contributed by atoms with van der Waals surface area (Å²) in [4.78, 5) is 13.8. The zero-order chi connectivity index (χ0) is 17.7. The van der Waals surface area contributed by atoms with E-state index in [1.165, 1.54) is 5.56 Å². The molecule has 0 aliphatic carbocycles. The van der Waals surface area contributed by atoms with Crippen molar-refractivity contribution in [2.45, 2.75) is 38.1 Å². The highest BCUT2D eigenvalue weighted by Crippen LogP contribution is 2.28. The van der Waals surface area contributed by atoms with Gasteiger partial charge in [-0.05, 0) is 31.4 Å². The molecule has 0 unspecified atom stereocenters. The molecule has 24 heavy (non-hydrogen) atoms. The number of halogens is 3. The minimum Gasteiger partial charge on any atom is -0.384 e. The number of anilines is 1. The Kier molecular flexibility index (Phi) is 5.93. The Balaban J connectivity index is 1.71. The third-order valence-electron chi connectivity index (χ3n) is 4.09. The quantitative estimate of drug-likeness (QED) is 0.739. The predicted octanol–water partition coefficient (Wildman–Crippen LogP) is 2.05. The molecule has 5 nitrogen and oxygen atoms in total. The number of urea groups is 1. The number of hydrogen-bond acceptors (Lipinski definition) is 3. The van der Waals surface area contributed by atoms with Crippen molar-refractivity contribution in [3.63, 3.8) is 0 Å². The fourth-order valence-corrected chi connectivity index (χ4v) is 2.72. The third-order valence-corrected chi connectivity index (χ3v) is 4.09. The van der Waals surface area contributed by atoms with Gasteiger partial charge >= 0.3 is 12.2 Å². The van der Waals surface area contributed by atoms with Crippen LogP contribution in [-0.4, -0.2) is 49.1 Å². The summed E-state index contributed by atoms with van der Waals surface area (Å²) in [6, 6.07) is 7.61. The van der Waals surface area contributed by atoms with E-state index in [4.69, 9.17) is 5.11 Å². The molecule has 1 aromatic rings. The zero-order valence-electron chi connectivity index (χ0n) is 13.4. The van der Waals surface area contributed by atoms with Crippen LogP contribution in [0.4, 0.5) is 23.7 Å². The van der Waals surface area contributed by atoms with Crippen molar-refractivity contribution in [2.24, 2.45) is 0 Å². The summed E-state index contributed by atoms with van der Waals surface area (Å²) < 4.78 is 36.4. The summed E-state index contributed by atoms with van der Waals surface area (Å²) in [6.07, 6.45) is -6.68. The van der Waals surface area contributed by atoms with E-state index >= 15 is 0 Å². The molecule has 2 atom stereocenters. The standard InChI is InChI=1S/C16H22F3N3O2/c1-11(22-9-7-12-4-2-3-5-13(12)22)10-21-15(24)20-8-6-14(23)16(17,18)19/h2-5,11,14,23H,6-10H2,1H3,(H2,20,21,24)/t11-,14-/m1/s1. The van der Waals surface area contributed by atoms with E-state index in [1.807, 2.05) is 25.1 Å². The summed E-state index contributed by atoms with van der Waals surface area (Å²) in [5.74, 6) is 0. The van der Waals surface area contributed by atoms with Gasteiger partial charge in [0.2, 0.25) is 0 Å². The number of aliphatic hydroxyl groups is 1. The average Bonchev–Trinajstić information content (AvgIpc) is 2.95. The van der Waals surface area contributed by atoms with Gasteiger partial charge in [-0.2, -0.15) is 13.2 Å². The second-order valence-electron chi connectivity index (χ2n) is 5.90. The lowest BCUT2D eigenvalue weighted by atomic mass is 10.2. The molecular formula is C16H22F3N3O2. The fourth-order valence-electron chi connectivity index (χ4n) is 2.72. The van der Waals surface area contributed by atoms with E-state index in [1.54, 1.807) is 0 Å². The Hall–Kier alpha value is -1.96. The Morgan fingerprint density at radius 1 is 1.33 bits per heavy atom. The first-order valence-corrected chi connectivity index (χ1v) is 7.90. The molecule has 0 aromatic heterocycles. The summed E-state index contributed by atoms with van der Waals surface area (Å²) in [5, 5.41) is 13.8. The van der Waals surface area contributed by atoms with Gasteiger partial charge in [0, 0.05) is 31.4 Å². The third kappa shape index (κ3) is 4.77. The number of hydrogen-bond donors (Lipinski definition) is 3. The van der Waals surface area contributed by atoms with Gasteiger partial charge < -0.3 is 20.6 Å². The number of aliphatic hydroxyl groups excluding tert-OH is 1. The summed E-state index contributed by atoms with van der Waals surface area (Å²) in [5.41, 5.74) is 2.43. The van der Waals surface area contributed by atoms with E-state index in [0.717, 1.165) is 18.7 Å². The van der Waals surface area contributed by atoms with Crippen LogP contribution in [0, 0.1) is 0 Å². The number of rotatable bonds is 6. The molecule has 0 spiro atoms. The van der Waals surface area contributed by atoms with E-state index in [9.17, 15) is 18.0 Å². The first kappa shape index (κ1) is 18.4.